The van der Waals surface area contributed by atoms with Crippen molar-refractivity contribution in [2.75, 3.05) is 45.7 Å². The molecular weight excluding hydrogens is 307 g/mol. The van der Waals surface area contributed by atoms with Crippen LogP contribution in [-0.4, -0.2) is 55.3 Å². The average molecular weight is 324 g/mol. The molecule has 0 aromatic carbocycles. The Morgan fingerprint density at radius 2 is 2.29 bits per heavy atom. The normalized spacial score (nSPS) is 10.9. The highest BCUT2D eigenvalue weighted by Gasteiger charge is 2.03. The molecular formula is C10H16BrClN4O. The zero-order valence-electron chi connectivity index (χ0n) is 9.91. The first kappa shape index (κ1) is 14.6. The van der Waals surface area contributed by atoms with Crippen LogP contribution >= 0.6 is 27.5 Å². The third kappa shape index (κ3) is 5.63. The van der Waals surface area contributed by atoms with Crippen molar-refractivity contribution in [3.63, 3.8) is 0 Å². The van der Waals surface area contributed by atoms with Gasteiger partial charge in [-0.1, -0.05) is 0 Å². The van der Waals surface area contributed by atoms with Crippen molar-refractivity contribution in [2.45, 2.75) is 0 Å². The molecule has 0 saturated carbocycles. The molecule has 17 heavy (non-hydrogen) atoms. The molecule has 0 bridgehead atoms. The van der Waals surface area contributed by atoms with E-state index >= 15 is 0 Å². The van der Waals surface area contributed by atoms with Crippen LogP contribution in [0.3, 0.4) is 0 Å². The van der Waals surface area contributed by atoms with E-state index in [1.807, 2.05) is 7.05 Å². The van der Waals surface area contributed by atoms with E-state index in [2.05, 4.69) is 36.1 Å². The summed E-state index contributed by atoms with van der Waals surface area (Å²) >= 11 is 9.08. The number of hydrogen-bond acceptors (Lipinski definition) is 5. The Kier molecular flexibility index (Phi) is 6.72. The average Bonchev–Trinajstić information content (AvgIpc) is 2.31. The molecule has 0 aliphatic carbocycles. The molecule has 0 amide bonds. The van der Waals surface area contributed by atoms with Crippen molar-refractivity contribution in [3.05, 3.63) is 16.0 Å². The van der Waals surface area contributed by atoms with Crippen LogP contribution in [-0.2, 0) is 4.74 Å². The van der Waals surface area contributed by atoms with Crippen LogP contribution in [0.2, 0.25) is 5.28 Å². The summed E-state index contributed by atoms with van der Waals surface area (Å²) in [4.78, 5) is 10.1. The van der Waals surface area contributed by atoms with Gasteiger partial charge in [-0.2, -0.15) is 4.98 Å². The maximum atomic E-state index is 5.72. The van der Waals surface area contributed by atoms with Gasteiger partial charge in [0.15, 0.2) is 0 Å². The lowest BCUT2D eigenvalue weighted by atomic mass is 10.5. The standard InChI is InChI=1S/C10H16BrClN4O/c1-16(5-6-17-2)4-3-13-9-8(11)7-14-10(12)15-9/h7H,3-6H2,1-2H3,(H,13,14,15). The molecule has 0 aliphatic heterocycles. The number of nitrogens with zero attached hydrogens (tertiary/aromatic N) is 3. The van der Waals surface area contributed by atoms with Crippen molar-refractivity contribution in [1.82, 2.24) is 14.9 Å². The molecule has 7 heteroatoms. The SMILES string of the molecule is COCCN(C)CCNc1nc(Cl)ncc1Br. The Bertz CT molecular complexity index is 353. The van der Waals surface area contributed by atoms with E-state index in [9.17, 15) is 0 Å². The first-order valence-corrected chi connectivity index (χ1v) is 6.40. The molecule has 0 spiro atoms. The maximum Gasteiger partial charge on any atom is 0.224 e. The molecule has 0 atom stereocenters. The number of anilines is 1. The topological polar surface area (TPSA) is 50.3 Å². The minimum absolute atomic E-state index is 0.239. The fraction of sp³-hybridized carbons (Fsp3) is 0.600. The Morgan fingerprint density at radius 1 is 1.53 bits per heavy atom. The van der Waals surface area contributed by atoms with Crippen LogP contribution in [0.25, 0.3) is 0 Å². The molecule has 5 nitrogen and oxygen atoms in total. The van der Waals surface area contributed by atoms with Gasteiger partial charge in [0, 0.05) is 32.9 Å². The Balaban J connectivity index is 2.32. The molecule has 1 aromatic heterocycles. The quantitative estimate of drug-likeness (QED) is 0.777. The number of rotatable bonds is 7. The van der Waals surface area contributed by atoms with Crippen LogP contribution in [0.1, 0.15) is 0 Å². The van der Waals surface area contributed by atoms with Gasteiger partial charge in [0.2, 0.25) is 5.28 Å². The second-order valence-electron chi connectivity index (χ2n) is 3.56. The first-order valence-electron chi connectivity index (χ1n) is 5.23. The second-order valence-corrected chi connectivity index (χ2v) is 4.75. The first-order chi connectivity index (χ1) is 8.13. The van der Waals surface area contributed by atoms with Crippen LogP contribution in [0.5, 0.6) is 0 Å². The number of nitrogens with one attached hydrogen (secondary N) is 1. The predicted molar refractivity (Wildman–Crippen MR) is 72.6 cm³/mol. The summed E-state index contributed by atoms with van der Waals surface area (Å²) in [6.07, 6.45) is 1.63. The lowest BCUT2D eigenvalue weighted by molar-refractivity contribution is 0.163. The third-order valence-electron chi connectivity index (χ3n) is 2.18. The van der Waals surface area contributed by atoms with Gasteiger partial charge in [-0.05, 0) is 34.6 Å². The lowest BCUT2D eigenvalue weighted by Crippen LogP contribution is -2.28. The van der Waals surface area contributed by atoms with Crippen LogP contribution in [0, 0.1) is 0 Å². The summed E-state index contributed by atoms with van der Waals surface area (Å²) in [5.41, 5.74) is 0. The molecule has 0 aliphatic rings. The zero-order valence-corrected chi connectivity index (χ0v) is 12.3. The highest BCUT2D eigenvalue weighted by atomic mass is 79.9. The summed E-state index contributed by atoms with van der Waals surface area (Å²) in [6, 6.07) is 0. The minimum Gasteiger partial charge on any atom is -0.383 e. The van der Waals surface area contributed by atoms with E-state index in [4.69, 9.17) is 16.3 Å². The number of ether oxygens (including phenoxy) is 1. The molecule has 0 unspecified atom stereocenters. The number of halogens is 2. The molecule has 96 valence electrons. The van der Waals surface area contributed by atoms with Crippen molar-refractivity contribution >= 4 is 33.3 Å². The van der Waals surface area contributed by atoms with Crippen molar-refractivity contribution in [2.24, 2.45) is 0 Å². The highest BCUT2D eigenvalue weighted by Crippen LogP contribution is 2.19. The fourth-order valence-corrected chi connectivity index (χ4v) is 1.66. The van der Waals surface area contributed by atoms with Gasteiger partial charge in [0.05, 0.1) is 11.1 Å². The number of likely N-dealkylation sites (N-methyl/N-ethyl adjacent to an activating group) is 1. The number of aromatic nitrogens is 2. The number of hydrogen-bond donors (Lipinski definition) is 1. The third-order valence-corrected chi connectivity index (χ3v) is 2.94. The summed E-state index contributed by atoms with van der Waals surface area (Å²) in [5.74, 6) is 0.713. The Hall–Kier alpha value is -0.430. The van der Waals surface area contributed by atoms with Gasteiger partial charge >= 0.3 is 0 Å². The predicted octanol–water partition coefficient (Wildman–Crippen LogP) is 1.88. The molecule has 0 radical (unpaired) electrons. The van der Waals surface area contributed by atoms with Gasteiger partial charge < -0.3 is 15.0 Å². The lowest BCUT2D eigenvalue weighted by Gasteiger charge is -2.16. The summed E-state index contributed by atoms with van der Waals surface area (Å²) < 4.78 is 5.81. The Labute approximate surface area is 115 Å². The van der Waals surface area contributed by atoms with Gasteiger partial charge in [-0.15, -0.1) is 0 Å². The van der Waals surface area contributed by atoms with E-state index in [0.29, 0.717) is 5.82 Å². The summed E-state index contributed by atoms with van der Waals surface area (Å²) in [7, 11) is 3.74. The van der Waals surface area contributed by atoms with E-state index in [1.165, 1.54) is 0 Å². The monoisotopic (exact) mass is 322 g/mol. The largest absolute Gasteiger partial charge is 0.383 e. The summed E-state index contributed by atoms with van der Waals surface area (Å²) in [6.45, 7) is 3.33. The minimum atomic E-state index is 0.239. The molecule has 1 N–H and O–H groups in total. The van der Waals surface area contributed by atoms with E-state index < -0.39 is 0 Å². The van der Waals surface area contributed by atoms with Gasteiger partial charge in [0.1, 0.15) is 5.82 Å². The maximum absolute atomic E-state index is 5.72. The Morgan fingerprint density at radius 3 is 3.00 bits per heavy atom. The van der Waals surface area contributed by atoms with Crippen molar-refractivity contribution in [3.8, 4) is 0 Å². The molecule has 1 heterocycles. The van der Waals surface area contributed by atoms with E-state index in [0.717, 1.165) is 30.7 Å². The zero-order chi connectivity index (χ0) is 12.7. The van der Waals surface area contributed by atoms with E-state index in [-0.39, 0.29) is 5.28 Å². The van der Waals surface area contributed by atoms with E-state index in [1.54, 1.807) is 13.3 Å². The van der Waals surface area contributed by atoms with Gasteiger partial charge in [-0.25, -0.2) is 4.98 Å². The molecule has 0 fully saturated rings. The smallest absolute Gasteiger partial charge is 0.224 e. The number of methoxy groups -OCH3 is 1. The molecule has 0 saturated heterocycles. The molecule has 1 rings (SSSR count). The molecule has 1 aromatic rings. The van der Waals surface area contributed by atoms with Crippen LogP contribution in [0.15, 0.2) is 10.7 Å². The van der Waals surface area contributed by atoms with Crippen LogP contribution in [0.4, 0.5) is 5.82 Å². The second kappa shape index (κ2) is 7.81. The van der Waals surface area contributed by atoms with Crippen LogP contribution < -0.4 is 5.32 Å². The van der Waals surface area contributed by atoms with Gasteiger partial charge in [0.25, 0.3) is 0 Å². The van der Waals surface area contributed by atoms with Crippen molar-refractivity contribution in [1.29, 1.82) is 0 Å². The highest BCUT2D eigenvalue weighted by molar-refractivity contribution is 9.10. The fourth-order valence-electron chi connectivity index (χ4n) is 1.19. The van der Waals surface area contributed by atoms with Gasteiger partial charge in [-0.3, -0.25) is 0 Å². The van der Waals surface area contributed by atoms with Crippen molar-refractivity contribution < 1.29 is 4.74 Å². The summed E-state index contributed by atoms with van der Waals surface area (Å²) in [5, 5.41) is 3.44.